The van der Waals surface area contributed by atoms with Gasteiger partial charge in [-0.05, 0) is 43.7 Å². The summed E-state index contributed by atoms with van der Waals surface area (Å²) in [7, 11) is 0. The summed E-state index contributed by atoms with van der Waals surface area (Å²) in [6, 6.07) is 5.68. The Hall–Kier alpha value is -1.09. The summed E-state index contributed by atoms with van der Waals surface area (Å²) in [6.45, 7) is 0.816. The monoisotopic (exact) mass is 235 g/mol. The Bertz CT molecular complexity index is 413. The molecular formula is C14H18FNO. The van der Waals surface area contributed by atoms with Gasteiger partial charge in [0, 0.05) is 23.8 Å². The molecule has 1 aromatic carbocycles. The van der Waals surface area contributed by atoms with Gasteiger partial charge in [-0.1, -0.05) is 6.07 Å². The molecule has 0 spiro atoms. The van der Waals surface area contributed by atoms with Crippen molar-refractivity contribution in [2.45, 2.75) is 38.3 Å². The van der Waals surface area contributed by atoms with Crippen molar-refractivity contribution in [2.24, 2.45) is 5.92 Å². The number of anilines is 1. The van der Waals surface area contributed by atoms with E-state index in [1.165, 1.54) is 31.7 Å². The molecule has 3 heteroatoms. The van der Waals surface area contributed by atoms with Gasteiger partial charge in [-0.2, -0.15) is 0 Å². The van der Waals surface area contributed by atoms with E-state index in [4.69, 9.17) is 0 Å². The first-order valence-electron chi connectivity index (χ1n) is 6.44. The second-order valence-electron chi connectivity index (χ2n) is 5.22. The fourth-order valence-corrected chi connectivity index (χ4v) is 2.38. The Morgan fingerprint density at radius 2 is 2.00 bits per heavy atom. The van der Waals surface area contributed by atoms with Crippen molar-refractivity contribution in [3.63, 3.8) is 0 Å². The predicted molar refractivity (Wildman–Crippen MR) is 65.4 cm³/mol. The fraction of sp³-hybridized carbons (Fsp3) is 0.571. The first-order valence-corrected chi connectivity index (χ1v) is 6.44. The van der Waals surface area contributed by atoms with Gasteiger partial charge in [0.05, 0.1) is 6.61 Å². The average Bonchev–Trinajstić information content (AvgIpc) is 3.17. The van der Waals surface area contributed by atoms with Crippen LogP contribution in [-0.4, -0.2) is 17.7 Å². The third-order valence-corrected chi connectivity index (χ3v) is 3.70. The lowest BCUT2D eigenvalue weighted by Gasteiger charge is -2.27. The molecule has 17 heavy (non-hydrogen) atoms. The highest BCUT2D eigenvalue weighted by molar-refractivity contribution is 5.56. The minimum atomic E-state index is -0.286. The summed E-state index contributed by atoms with van der Waals surface area (Å²) >= 11 is 0. The van der Waals surface area contributed by atoms with E-state index in [1.807, 2.05) is 6.07 Å². The van der Waals surface area contributed by atoms with E-state index in [9.17, 15) is 9.50 Å². The minimum absolute atomic E-state index is 0.212. The van der Waals surface area contributed by atoms with E-state index < -0.39 is 0 Å². The number of aliphatic hydroxyl groups is 1. The Kier molecular flexibility index (Phi) is 2.79. The number of hydrogen-bond acceptors (Lipinski definition) is 2. The first kappa shape index (κ1) is 11.0. The molecule has 2 aliphatic carbocycles. The summed E-state index contributed by atoms with van der Waals surface area (Å²) in [5, 5.41) is 9.33. The maximum absolute atomic E-state index is 13.7. The molecule has 2 nitrogen and oxygen atoms in total. The average molecular weight is 235 g/mol. The molecular weight excluding hydrogens is 217 g/mol. The van der Waals surface area contributed by atoms with Crippen molar-refractivity contribution < 1.29 is 9.50 Å². The standard InChI is InChI=1S/C14H18FNO/c15-13-2-1-3-14(12(13)9-17)16(11-6-7-11)8-10-4-5-10/h1-3,10-11,17H,4-9H2. The van der Waals surface area contributed by atoms with Gasteiger partial charge in [-0.25, -0.2) is 4.39 Å². The molecule has 0 bridgehead atoms. The van der Waals surface area contributed by atoms with Crippen molar-refractivity contribution in [2.75, 3.05) is 11.4 Å². The molecule has 0 heterocycles. The SMILES string of the molecule is OCc1c(F)cccc1N(CC1CC1)C1CC1. The highest BCUT2D eigenvalue weighted by Gasteiger charge is 2.34. The van der Waals surface area contributed by atoms with Gasteiger partial charge in [0.2, 0.25) is 0 Å². The van der Waals surface area contributed by atoms with Crippen LogP contribution >= 0.6 is 0 Å². The van der Waals surface area contributed by atoms with Crippen LogP contribution in [0.4, 0.5) is 10.1 Å². The molecule has 2 fully saturated rings. The Morgan fingerprint density at radius 1 is 1.24 bits per heavy atom. The van der Waals surface area contributed by atoms with Crippen LogP contribution in [0.15, 0.2) is 18.2 Å². The van der Waals surface area contributed by atoms with Crippen molar-refractivity contribution in [3.8, 4) is 0 Å². The van der Waals surface area contributed by atoms with Crippen LogP contribution in [0, 0.1) is 11.7 Å². The molecule has 0 atom stereocenters. The van der Waals surface area contributed by atoms with E-state index in [1.54, 1.807) is 6.07 Å². The number of hydrogen-bond donors (Lipinski definition) is 1. The van der Waals surface area contributed by atoms with Gasteiger partial charge in [-0.15, -0.1) is 0 Å². The van der Waals surface area contributed by atoms with E-state index in [0.29, 0.717) is 11.6 Å². The van der Waals surface area contributed by atoms with Crippen LogP contribution in [-0.2, 0) is 6.61 Å². The molecule has 0 saturated heterocycles. The van der Waals surface area contributed by atoms with Crippen LogP contribution in [0.1, 0.15) is 31.2 Å². The Balaban J connectivity index is 1.90. The number of benzene rings is 1. The van der Waals surface area contributed by atoms with Crippen LogP contribution in [0.25, 0.3) is 0 Å². The molecule has 0 amide bonds. The number of halogens is 1. The van der Waals surface area contributed by atoms with Gasteiger partial charge in [0.25, 0.3) is 0 Å². The van der Waals surface area contributed by atoms with Gasteiger partial charge in [0.15, 0.2) is 0 Å². The van der Waals surface area contributed by atoms with Crippen molar-refractivity contribution >= 4 is 5.69 Å². The van der Waals surface area contributed by atoms with E-state index >= 15 is 0 Å². The zero-order valence-electron chi connectivity index (χ0n) is 9.90. The first-order chi connectivity index (χ1) is 8.29. The summed E-state index contributed by atoms with van der Waals surface area (Å²) in [5.74, 6) is 0.497. The molecule has 0 aliphatic heterocycles. The molecule has 0 radical (unpaired) electrons. The second-order valence-corrected chi connectivity index (χ2v) is 5.22. The lowest BCUT2D eigenvalue weighted by atomic mass is 10.1. The highest BCUT2D eigenvalue weighted by Crippen LogP contribution is 2.39. The molecule has 3 rings (SSSR count). The quantitative estimate of drug-likeness (QED) is 0.848. The van der Waals surface area contributed by atoms with Gasteiger partial charge >= 0.3 is 0 Å². The normalized spacial score (nSPS) is 19.4. The Labute approximate surface area is 101 Å². The number of rotatable bonds is 5. The summed E-state index contributed by atoms with van der Waals surface area (Å²) in [5.41, 5.74) is 1.36. The summed E-state index contributed by atoms with van der Waals surface area (Å²) in [4.78, 5) is 2.31. The lowest BCUT2D eigenvalue weighted by Crippen LogP contribution is -2.29. The van der Waals surface area contributed by atoms with E-state index in [2.05, 4.69) is 4.90 Å². The molecule has 1 N–H and O–H groups in total. The van der Waals surface area contributed by atoms with E-state index in [0.717, 1.165) is 18.2 Å². The van der Waals surface area contributed by atoms with Crippen LogP contribution in [0.3, 0.4) is 0 Å². The minimum Gasteiger partial charge on any atom is -0.391 e. The highest BCUT2D eigenvalue weighted by atomic mass is 19.1. The van der Waals surface area contributed by atoms with Gasteiger partial charge in [-0.3, -0.25) is 0 Å². The topological polar surface area (TPSA) is 23.5 Å². The van der Waals surface area contributed by atoms with Crippen LogP contribution in [0.2, 0.25) is 0 Å². The molecule has 2 aliphatic rings. The third kappa shape index (κ3) is 2.29. The molecule has 2 saturated carbocycles. The molecule has 0 aromatic heterocycles. The zero-order valence-corrected chi connectivity index (χ0v) is 9.90. The Morgan fingerprint density at radius 3 is 2.59 bits per heavy atom. The van der Waals surface area contributed by atoms with Crippen LogP contribution in [0.5, 0.6) is 0 Å². The fourth-order valence-electron chi connectivity index (χ4n) is 2.38. The summed E-state index contributed by atoms with van der Waals surface area (Å²) in [6.07, 6.45) is 5.00. The predicted octanol–water partition coefficient (Wildman–Crippen LogP) is 2.70. The maximum atomic E-state index is 13.7. The maximum Gasteiger partial charge on any atom is 0.130 e. The van der Waals surface area contributed by atoms with Crippen molar-refractivity contribution in [1.29, 1.82) is 0 Å². The second kappa shape index (κ2) is 4.30. The van der Waals surface area contributed by atoms with Gasteiger partial charge < -0.3 is 10.0 Å². The smallest absolute Gasteiger partial charge is 0.130 e. The lowest BCUT2D eigenvalue weighted by molar-refractivity contribution is 0.276. The largest absolute Gasteiger partial charge is 0.391 e. The molecule has 0 unspecified atom stereocenters. The third-order valence-electron chi connectivity index (χ3n) is 3.70. The summed E-state index contributed by atoms with van der Waals surface area (Å²) < 4.78 is 13.7. The molecule has 92 valence electrons. The molecule has 1 aromatic rings. The van der Waals surface area contributed by atoms with Gasteiger partial charge in [0.1, 0.15) is 5.82 Å². The van der Waals surface area contributed by atoms with Crippen molar-refractivity contribution in [3.05, 3.63) is 29.6 Å². The van der Waals surface area contributed by atoms with Crippen molar-refractivity contribution in [1.82, 2.24) is 0 Å². The zero-order chi connectivity index (χ0) is 11.8. The van der Waals surface area contributed by atoms with E-state index in [-0.39, 0.29) is 12.4 Å². The number of nitrogens with zero attached hydrogens (tertiary/aromatic N) is 1. The number of aliphatic hydroxyl groups excluding tert-OH is 1. The van der Waals surface area contributed by atoms with Crippen LogP contribution < -0.4 is 4.90 Å².